The molecule has 2 aromatic rings. The maximum Gasteiger partial charge on any atom is 0.251 e. The van der Waals surface area contributed by atoms with Gasteiger partial charge in [0, 0.05) is 21.1 Å². The maximum atomic E-state index is 12.2. The predicted molar refractivity (Wildman–Crippen MR) is 91.0 cm³/mol. The van der Waals surface area contributed by atoms with E-state index in [4.69, 9.17) is 11.6 Å². The third kappa shape index (κ3) is 4.58. The smallest absolute Gasteiger partial charge is 0.251 e. The number of hydrogen-bond donors (Lipinski definition) is 1. The molecule has 1 unspecified atom stereocenters. The zero-order valence-corrected chi connectivity index (χ0v) is 14.3. The van der Waals surface area contributed by atoms with Crippen molar-refractivity contribution in [3.8, 4) is 0 Å². The molecule has 2 nitrogen and oxygen atoms in total. The van der Waals surface area contributed by atoms with Gasteiger partial charge in [0.25, 0.3) is 5.91 Å². The topological polar surface area (TPSA) is 29.1 Å². The summed E-state index contributed by atoms with van der Waals surface area (Å²) in [5.74, 6) is -0.0646. The fourth-order valence-corrected chi connectivity index (χ4v) is 2.70. The summed E-state index contributed by atoms with van der Waals surface area (Å²) in [4.78, 5) is 12.2. The quantitative estimate of drug-likeness (QED) is 0.829. The van der Waals surface area contributed by atoms with E-state index in [1.807, 2.05) is 56.3 Å². The van der Waals surface area contributed by atoms with Crippen LogP contribution in [0.15, 0.2) is 46.9 Å². The lowest BCUT2D eigenvalue weighted by molar-refractivity contribution is 0.0940. The van der Waals surface area contributed by atoms with Crippen molar-refractivity contribution in [1.82, 2.24) is 5.32 Å². The van der Waals surface area contributed by atoms with E-state index in [0.29, 0.717) is 10.6 Å². The van der Waals surface area contributed by atoms with Gasteiger partial charge in [-0.2, -0.15) is 0 Å². The molecule has 2 rings (SSSR count). The minimum Gasteiger partial charge on any atom is -0.349 e. The molecule has 1 N–H and O–H groups in total. The first-order valence-corrected chi connectivity index (χ1v) is 7.94. The Bertz CT molecular complexity index is 657. The molecule has 0 aliphatic heterocycles. The molecule has 0 saturated heterocycles. The summed E-state index contributed by atoms with van der Waals surface area (Å²) in [6.07, 6.45) is 0.749. The van der Waals surface area contributed by atoms with Crippen LogP contribution in [0.5, 0.6) is 0 Å². The van der Waals surface area contributed by atoms with Crippen LogP contribution >= 0.6 is 27.5 Å². The van der Waals surface area contributed by atoms with Crippen molar-refractivity contribution in [1.29, 1.82) is 0 Å². The second kappa shape index (κ2) is 7.10. The summed E-state index contributed by atoms with van der Waals surface area (Å²) in [6, 6.07) is 13.3. The number of rotatable bonds is 4. The zero-order chi connectivity index (χ0) is 15.4. The molecule has 0 bridgehead atoms. The molecule has 4 heteroatoms. The average molecular weight is 367 g/mol. The van der Waals surface area contributed by atoms with E-state index in [1.54, 1.807) is 0 Å². The Morgan fingerprint density at radius 2 is 2.05 bits per heavy atom. The molecule has 0 spiro atoms. The van der Waals surface area contributed by atoms with E-state index in [2.05, 4.69) is 21.2 Å². The first kappa shape index (κ1) is 16.1. The summed E-state index contributed by atoms with van der Waals surface area (Å²) < 4.78 is 0.942. The molecule has 0 heterocycles. The first-order valence-electron chi connectivity index (χ1n) is 6.77. The lowest BCUT2D eigenvalue weighted by Gasteiger charge is -2.14. The number of nitrogens with one attached hydrogen (secondary N) is 1. The van der Waals surface area contributed by atoms with Crippen molar-refractivity contribution in [3.63, 3.8) is 0 Å². The third-order valence-corrected chi connectivity index (χ3v) is 4.33. The van der Waals surface area contributed by atoms with Crippen molar-refractivity contribution in [2.24, 2.45) is 0 Å². The van der Waals surface area contributed by atoms with Crippen LogP contribution in [0.3, 0.4) is 0 Å². The minimum atomic E-state index is -0.0646. The zero-order valence-electron chi connectivity index (χ0n) is 12.0. The van der Waals surface area contributed by atoms with Gasteiger partial charge in [-0.1, -0.05) is 45.7 Å². The van der Waals surface area contributed by atoms with Crippen LogP contribution in [-0.2, 0) is 6.42 Å². The Morgan fingerprint density at radius 1 is 1.29 bits per heavy atom. The summed E-state index contributed by atoms with van der Waals surface area (Å²) in [5.41, 5.74) is 2.88. The predicted octanol–water partition coefficient (Wildman–Crippen LogP) is 4.77. The fraction of sp³-hybridized carbons (Fsp3) is 0.235. The van der Waals surface area contributed by atoms with Gasteiger partial charge in [-0.3, -0.25) is 4.79 Å². The molecular weight excluding hydrogens is 350 g/mol. The van der Waals surface area contributed by atoms with Crippen LogP contribution in [0.25, 0.3) is 0 Å². The van der Waals surface area contributed by atoms with Gasteiger partial charge in [-0.25, -0.2) is 0 Å². The highest BCUT2D eigenvalue weighted by molar-refractivity contribution is 9.10. The molecule has 1 atom stereocenters. The molecule has 110 valence electrons. The Labute approximate surface area is 138 Å². The van der Waals surface area contributed by atoms with Crippen LogP contribution in [0.4, 0.5) is 0 Å². The second-order valence-corrected chi connectivity index (χ2v) is 6.46. The number of carbonyl (C=O) groups is 1. The van der Waals surface area contributed by atoms with Gasteiger partial charge in [0.05, 0.1) is 0 Å². The molecule has 2 aromatic carbocycles. The summed E-state index contributed by atoms with van der Waals surface area (Å²) in [5, 5.41) is 3.72. The maximum absolute atomic E-state index is 12.2. The standard InChI is InChI=1S/C17H17BrClNO/c1-11-6-7-14(10-16(11)18)17(21)20-12(2)8-13-4-3-5-15(19)9-13/h3-7,9-10,12H,8H2,1-2H3,(H,20,21). The van der Waals surface area contributed by atoms with Crippen LogP contribution < -0.4 is 5.32 Å². The Morgan fingerprint density at radius 3 is 2.71 bits per heavy atom. The van der Waals surface area contributed by atoms with Crippen molar-refractivity contribution in [2.75, 3.05) is 0 Å². The monoisotopic (exact) mass is 365 g/mol. The molecule has 1 amide bonds. The molecule has 0 radical (unpaired) electrons. The highest BCUT2D eigenvalue weighted by Gasteiger charge is 2.11. The Kier molecular flexibility index (Phi) is 5.43. The largest absolute Gasteiger partial charge is 0.349 e. The fourth-order valence-electron chi connectivity index (χ4n) is 2.11. The van der Waals surface area contributed by atoms with Crippen LogP contribution in [0, 0.1) is 6.92 Å². The summed E-state index contributed by atoms with van der Waals surface area (Å²) in [7, 11) is 0. The first-order chi connectivity index (χ1) is 9.95. The van der Waals surface area contributed by atoms with Crippen molar-refractivity contribution < 1.29 is 4.79 Å². The highest BCUT2D eigenvalue weighted by atomic mass is 79.9. The lowest BCUT2D eigenvalue weighted by Crippen LogP contribution is -2.34. The van der Waals surface area contributed by atoms with E-state index in [0.717, 1.165) is 22.0 Å². The van der Waals surface area contributed by atoms with Crippen molar-refractivity contribution in [3.05, 3.63) is 68.7 Å². The molecule has 0 fully saturated rings. The van der Waals surface area contributed by atoms with E-state index in [-0.39, 0.29) is 11.9 Å². The molecule has 0 aliphatic carbocycles. The van der Waals surface area contributed by atoms with Gasteiger partial charge in [0.1, 0.15) is 0 Å². The summed E-state index contributed by atoms with van der Waals surface area (Å²) in [6.45, 7) is 3.98. The van der Waals surface area contributed by atoms with Gasteiger partial charge in [0.2, 0.25) is 0 Å². The highest BCUT2D eigenvalue weighted by Crippen LogP contribution is 2.18. The Hall–Kier alpha value is -1.32. The average Bonchev–Trinajstić information content (AvgIpc) is 2.41. The number of benzene rings is 2. The number of halogens is 2. The van der Waals surface area contributed by atoms with Gasteiger partial charge in [-0.15, -0.1) is 0 Å². The van der Waals surface area contributed by atoms with E-state index < -0.39 is 0 Å². The number of hydrogen-bond acceptors (Lipinski definition) is 1. The third-order valence-electron chi connectivity index (χ3n) is 3.24. The number of aryl methyl sites for hydroxylation is 1. The summed E-state index contributed by atoms with van der Waals surface area (Å²) >= 11 is 9.42. The molecule has 0 aliphatic rings. The van der Waals surface area contributed by atoms with Crippen LogP contribution in [-0.4, -0.2) is 11.9 Å². The second-order valence-electron chi connectivity index (χ2n) is 5.17. The van der Waals surface area contributed by atoms with Crippen LogP contribution in [0.1, 0.15) is 28.4 Å². The molecular formula is C17H17BrClNO. The van der Waals surface area contributed by atoms with Gasteiger partial charge < -0.3 is 5.32 Å². The molecule has 0 saturated carbocycles. The van der Waals surface area contributed by atoms with E-state index in [1.165, 1.54) is 0 Å². The Balaban J connectivity index is 2.00. The van der Waals surface area contributed by atoms with Crippen molar-refractivity contribution >= 4 is 33.4 Å². The van der Waals surface area contributed by atoms with Crippen molar-refractivity contribution in [2.45, 2.75) is 26.3 Å². The number of amides is 1. The van der Waals surface area contributed by atoms with Crippen LogP contribution in [0.2, 0.25) is 5.02 Å². The van der Waals surface area contributed by atoms with E-state index in [9.17, 15) is 4.79 Å². The van der Waals surface area contributed by atoms with Gasteiger partial charge >= 0.3 is 0 Å². The van der Waals surface area contributed by atoms with Gasteiger partial charge in [-0.05, 0) is 55.7 Å². The lowest BCUT2D eigenvalue weighted by atomic mass is 10.1. The normalized spacial score (nSPS) is 12.0. The number of carbonyl (C=O) groups excluding carboxylic acids is 1. The minimum absolute atomic E-state index is 0.0380. The van der Waals surface area contributed by atoms with Gasteiger partial charge in [0.15, 0.2) is 0 Å². The molecule has 0 aromatic heterocycles. The molecule has 21 heavy (non-hydrogen) atoms. The SMILES string of the molecule is Cc1ccc(C(=O)NC(C)Cc2cccc(Cl)c2)cc1Br. The van der Waals surface area contributed by atoms with E-state index >= 15 is 0 Å².